The van der Waals surface area contributed by atoms with Gasteiger partial charge in [-0.1, -0.05) is 17.7 Å². The van der Waals surface area contributed by atoms with E-state index in [-0.39, 0.29) is 0 Å². The van der Waals surface area contributed by atoms with Crippen molar-refractivity contribution in [1.29, 1.82) is 0 Å². The first-order valence-electron chi connectivity index (χ1n) is 5.96. The zero-order chi connectivity index (χ0) is 12.3. The predicted molar refractivity (Wildman–Crippen MR) is 78.3 cm³/mol. The highest BCUT2D eigenvalue weighted by Gasteiger charge is 2.22. The molecule has 0 bridgehead atoms. The summed E-state index contributed by atoms with van der Waals surface area (Å²) in [5, 5.41) is 4.05. The highest BCUT2D eigenvalue weighted by molar-refractivity contribution is 7.99. The maximum atomic E-state index is 6.29. The van der Waals surface area contributed by atoms with Gasteiger partial charge >= 0.3 is 0 Å². The van der Waals surface area contributed by atoms with Gasteiger partial charge < -0.3 is 10.2 Å². The van der Waals surface area contributed by atoms with Gasteiger partial charge in [0.1, 0.15) is 0 Å². The van der Waals surface area contributed by atoms with Crippen molar-refractivity contribution in [3.05, 3.63) is 28.8 Å². The zero-order valence-corrected chi connectivity index (χ0v) is 11.9. The molecule has 1 saturated heterocycles. The standard InChI is InChI=1S/C13H19ClN2S/c1-15-8-11-12(14)4-3-5-13(11)16(2)10-6-7-17-9-10/h3-5,10,15H,6-9H2,1-2H3. The maximum absolute atomic E-state index is 6.29. The molecule has 1 aromatic carbocycles. The molecule has 0 aliphatic carbocycles. The zero-order valence-electron chi connectivity index (χ0n) is 10.4. The van der Waals surface area contributed by atoms with Crippen molar-refractivity contribution >= 4 is 29.1 Å². The van der Waals surface area contributed by atoms with E-state index in [1.165, 1.54) is 29.2 Å². The predicted octanol–water partition coefficient (Wildman–Crippen LogP) is 3.00. The lowest BCUT2D eigenvalue weighted by atomic mass is 10.1. The van der Waals surface area contributed by atoms with Crippen LogP contribution in [0.1, 0.15) is 12.0 Å². The molecule has 0 radical (unpaired) electrons. The topological polar surface area (TPSA) is 15.3 Å². The second kappa shape index (κ2) is 5.98. The van der Waals surface area contributed by atoms with Crippen molar-refractivity contribution in [2.24, 2.45) is 0 Å². The molecule has 0 amide bonds. The summed E-state index contributed by atoms with van der Waals surface area (Å²) in [7, 11) is 4.14. The Hall–Kier alpha value is -0.380. The summed E-state index contributed by atoms with van der Waals surface area (Å²) < 4.78 is 0. The highest BCUT2D eigenvalue weighted by Crippen LogP contribution is 2.31. The number of nitrogens with zero attached hydrogens (tertiary/aromatic N) is 1. The molecule has 1 aliphatic rings. The number of nitrogens with one attached hydrogen (secondary N) is 1. The van der Waals surface area contributed by atoms with Gasteiger partial charge in [0.05, 0.1) is 0 Å². The molecule has 2 nitrogen and oxygen atoms in total. The van der Waals surface area contributed by atoms with Crippen LogP contribution in [0.4, 0.5) is 5.69 Å². The molecule has 17 heavy (non-hydrogen) atoms. The van der Waals surface area contributed by atoms with E-state index in [9.17, 15) is 0 Å². The molecule has 1 fully saturated rings. The van der Waals surface area contributed by atoms with Crippen molar-refractivity contribution in [2.75, 3.05) is 30.5 Å². The fraction of sp³-hybridized carbons (Fsp3) is 0.538. The molecule has 1 aromatic rings. The first kappa shape index (κ1) is 13.1. The quantitative estimate of drug-likeness (QED) is 0.906. The van der Waals surface area contributed by atoms with Crippen LogP contribution in [0.25, 0.3) is 0 Å². The van der Waals surface area contributed by atoms with Crippen LogP contribution in [0.15, 0.2) is 18.2 Å². The monoisotopic (exact) mass is 270 g/mol. The average Bonchev–Trinajstić information content (AvgIpc) is 2.85. The Bertz CT molecular complexity index is 378. The highest BCUT2D eigenvalue weighted by atomic mass is 35.5. The van der Waals surface area contributed by atoms with E-state index in [0.29, 0.717) is 6.04 Å². The first-order chi connectivity index (χ1) is 8.24. The van der Waals surface area contributed by atoms with Crippen molar-refractivity contribution in [2.45, 2.75) is 19.0 Å². The number of anilines is 1. The van der Waals surface area contributed by atoms with Crippen LogP contribution in [-0.2, 0) is 6.54 Å². The van der Waals surface area contributed by atoms with E-state index in [4.69, 9.17) is 11.6 Å². The summed E-state index contributed by atoms with van der Waals surface area (Å²) in [6.45, 7) is 0.819. The van der Waals surface area contributed by atoms with E-state index in [1.807, 2.05) is 30.9 Å². The van der Waals surface area contributed by atoms with Gasteiger partial charge in [0.25, 0.3) is 0 Å². The lowest BCUT2D eigenvalue weighted by Gasteiger charge is -2.28. The van der Waals surface area contributed by atoms with Gasteiger partial charge in [-0.05, 0) is 31.4 Å². The molecule has 94 valence electrons. The van der Waals surface area contributed by atoms with Gasteiger partial charge in [-0.2, -0.15) is 11.8 Å². The van der Waals surface area contributed by atoms with Crippen LogP contribution >= 0.6 is 23.4 Å². The molecular formula is C13H19ClN2S. The lowest BCUT2D eigenvalue weighted by molar-refractivity contribution is 0.692. The minimum Gasteiger partial charge on any atom is -0.370 e. The average molecular weight is 271 g/mol. The summed E-state index contributed by atoms with van der Waals surface area (Å²) in [6, 6.07) is 6.82. The SMILES string of the molecule is CNCc1c(Cl)cccc1N(C)C1CCSC1. The van der Waals surface area contributed by atoms with E-state index < -0.39 is 0 Å². The normalized spacial score (nSPS) is 19.6. The fourth-order valence-corrected chi connectivity index (χ4v) is 3.76. The Morgan fingerprint density at radius 3 is 3.00 bits per heavy atom. The first-order valence-corrected chi connectivity index (χ1v) is 7.50. The van der Waals surface area contributed by atoms with Gasteiger partial charge in [-0.15, -0.1) is 0 Å². The molecule has 1 atom stereocenters. The molecular weight excluding hydrogens is 252 g/mol. The molecule has 1 N–H and O–H groups in total. The van der Waals surface area contributed by atoms with E-state index in [2.05, 4.69) is 23.3 Å². The number of hydrogen-bond donors (Lipinski definition) is 1. The Morgan fingerprint density at radius 2 is 2.35 bits per heavy atom. The Labute approximate surface area is 113 Å². The van der Waals surface area contributed by atoms with Crippen LogP contribution < -0.4 is 10.2 Å². The Morgan fingerprint density at radius 1 is 1.53 bits per heavy atom. The summed E-state index contributed by atoms with van der Waals surface area (Å²) in [4.78, 5) is 2.39. The molecule has 0 saturated carbocycles. The van der Waals surface area contributed by atoms with Gasteiger partial charge in [0.15, 0.2) is 0 Å². The van der Waals surface area contributed by atoms with Gasteiger partial charge in [0, 0.05) is 41.7 Å². The van der Waals surface area contributed by atoms with Gasteiger partial charge in [-0.3, -0.25) is 0 Å². The molecule has 1 unspecified atom stereocenters. The summed E-state index contributed by atoms with van der Waals surface area (Å²) >= 11 is 8.33. The van der Waals surface area contributed by atoms with Crippen LogP contribution in [-0.4, -0.2) is 31.6 Å². The summed E-state index contributed by atoms with van der Waals surface area (Å²) in [5.41, 5.74) is 2.47. The van der Waals surface area contributed by atoms with Crippen molar-refractivity contribution < 1.29 is 0 Å². The van der Waals surface area contributed by atoms with E-state index >= 15 is 0 Å². The number of rotatable bonds is 4. The third kappa shape index (κ3) is 2.90. The number of hydrogen-bond acceptors (Lipinski definition) is 3. The minimum absolute atomic E-state index is 0.647. The van der Waals surface area contributed by atoms with Gasteiger partial charge in [0.2, 0.25) is 0 Å². The van der Waals surface area contributed by atoms with E-state index in [1.54, 1.807) is 0 Å². The molecule has 0 aromatic heterocycles. The summed E-state index contributed by atoms with van der Waals surface area (Å²) in [5.74, 6) is 2.50. The van der Waals surface area contributed by atoms with Crippen molar-refractivity contribution in [3.63, 3.8) is 0 Å². The number of halogens is 1. The fourth-order valence-electron chi connectivity index (χ4n) is 2.25. The van der Waals surface area contributed by atoms with Gasteiger partial charge in [-0.25, -0.2) is 0 Å². The second-order valence-electron chi connectivity index (χ2n) is 4.40. The lowest BCUT2D eigenvalue weighted by Crippen LogP contribution is -2.32. The third-order valence-corrected chi connectivity index (χ3v) is 4.78. The van der Waals surface area contributed by atoms with Crippen molar-refractivity contribution in [3.8, 4) is 0 Å². The van der Waals surface area contributed by atoms with Crippen LogP contribution in [0.2, 0.25) is 5.02 Å². The smallest absolute Gasteiger partial charge is 0.0471 e. The molecule has 4 heteroatoms. The van der Waals surface area contributed by atoms with Crippen LogP contribution in [0.3, 0.4) is 0 Å². The molecule has 1 aliphatic heterocycles. The van der Waals surface area contributed by atoms with Crippen LogP contribution in [0.5, 0.6) is 0 Å². The third-order valence-electron chi connectivity index (χ3n) is 3.28. The van der Waals surface area contributed by atoms with E-state index in [0.717, 1.165) is 11.6 Å². The summed E-state index contributed by atoms with van der Waals surface area (Å²) in [6.07, 6.45) is 1.27. The number of benzene rings is 1. The van der Waals surface area contributed by atoms with Crippen molar-refractivity contribution in [1.82, 2.24) is 5.32 Å². The second-order valence-corrected chi connectivity index (χ2v) is 5.95. The largest absolute Gasteiger partial charge is 0.370 e. The molecule has 2 rings (SSSR count). The molecule has 0 spiro atoms. The maximum Gasteiger partial charge on any atom is 0.0471 e. The minimum atomic E-state index is 0.647. The Kier molecular flexibility index (Phi) is 4.60. The Balaban J connectivity index is 2.26. The molecule has 1 heterocycles. The van der Waals surface area contributed by atoms with Crippen LogP contribution in [0, 0.1) is 0 Å². The number of thioether (sulfide) groups is 1.